The molecule has 0 amide bonds. The Morgan fingerprint density at radius 2 is 1.93 bits per heavy atom. The van der Waals surface area contributed by atoms with Crippen LogP contribution in [0.2, 0.25) is 0 Å². The number of nitrogens with zero attached hydrogens (tertiary/aromatic N) is 1. The van der Waals surface area contributed by atoms with Gasteiger partial charge in [0.2, 0.25) is 0 Å². The smallest absolute Gasteiger partial charge is 0.0302 e. The van der Waals surface area contributed by atoms with Gasteiger partial charge in [-0.05, 0) is 46.8 Å². The van der Waals surface area contributed by atoms with E-state index in [1.54, 1.807) is 0 Å². The van der Waals surface area contributed by atoms with Gasteiger partial charge >= 0.3 is 0 Å². The van der Waals surface area contributed by atoms with Crippen molar-refractivity contribution in [1.29, 1.82) is 0 Å². The molecule has 0 saturated carbocycles. The van der Waals surface area contributed by atoms with E-state index in [0.29, 0.717) is 4.75 Å². The van der Waals surface area contributed by atoms with Gasteiger partial charge in [0.05, 0.1) is 0 Å². The highest BCUT2D eigenvalue weighted by molar-refractivity contribution is 8.02. The van der Waals surface area contributed by atoms with Crippen LogP contribution < -0.4 is 5.32 Å². The molecule has 14 heavy (non-hydrogen) atoms. The largest absolute Gasteiger partial charge is 0.309 e. The molecular formula is C11H22N2S. The lowest BCUT2D eigenvalue weighted by molar-refractivity contribution is 0.218. The van der Waals surface area contributed by atoms with E-state index in [9.17, 15) is 0 Å². The van der Waals surface area contributed by atoms with Crippen LogP contribution in [0, 0.1) is 0 Å². The first-order chi connectivity index (χ1) is 6.58. The fourth-order valence-corrected chi connectivity index (χ4v) is 3.37. The Morgan fingerprint density at radius 1 is 1.29 bits per heavy atom. The van der Waals surface area contributed by atoms with Gasteiger partial charge in [0.25, 0.3) is 0 Å². The predicted octanol–water partition coefficient (Wildman–Crippen LogP) is 1.56. The normalized spacial score (nSPS) is 34.1. The van der Waals surface area contributed by atoms with Gasteiger partial charge < -0.3 is 10.2 Å². The van der Waals surface area contributed by atoms with Crippen molar-refractivity contribution < 1.29 is 0 Å². The molecule has 0 spiro atoms. The molecule has 2 saturated heterocycles. The Labute approximate surface area is 91.8 Å². The van der Waals surface area contributed by atoms with Gasteiger partial charge in [0.15, 0.2) is 0 Å². The predicted molar refractivity (Wildman–Crippen MR) is 64.0 cm³/mol. The first-order valence-electron chi connectivity index (χ1n) is 5.66. The summed E-state index contributed by atoms with van der Waals surface area (Å²) in [6.07, 6.45) is 2.65. The molecule has 0 aliphatic carbocycles. The van der Waals surface area contributed by atoms with Gasteiger partial charge in [-0.1, -0.05) is 0 Å². The Kier molecular flexibility index (Phi) is 3.10. The lowest BCUT2D eigenvalue weighted by atomic mass is 9.99. The molecule has 2 fully saturated rings. The van der Waals surface area contributed by atoms with Crippen molar-refractivity contribution >= 4 is 11.8 Å². The number of nitrogens with one attached hydrogen (secondary N) is 1. The Morgan fingerprint density at radius 3 is 2.36 bits per heavy atom. The molecule has 0 radical (unpaired) electrons. The van der Waals surface area contributed by atoms with Crippen LogP contribution in [0.15, 0.2) is 0 Å². The summed E-state index contributed by atoms with van der Waals surface area (Å²) in [5, 5.41) is 3.82. The molecule has 82 valence electrons. The number of likely N-dealkylation sites (tertiary alicyclic amines) is 1. The molecule has 1 unspecified atom stereocenters. The highest BCUT2D eigenvalue weighted by atomic mass is 32.2. The summed E-state index contributed by atoms with van der Waals surface area (Å²) in [5.41, 5.74) is 0. The van der Waals surface area contributed by atoms with Gasteiger partial charge in [0.1, 0.15) is 0 Å². The number of piperidine rings is 1. The third-order valence-electron chi connectivity index (χ3n) is 3.62. The van der Waals surface area contributed by atoms with Gasteiger partial charge in [0, 0.05) is 22.6 Å². The van der Waals surface area contributed by atoms with E-state index in [4.69, 9.17) is 0 Å². The van der Waals surface area contributed by atoms with E-state index in [2.05, 4.69) is 42.9 Å². The summed E-state index contributed by atoms with van der Waals surface area (Å²) < 4.78 is 0.476. The molecule has 0 bridgehead atoms. The van der Waals surface area contributed by atoms with Crippen molar-refractivity contribution in [3.8, 4) is 0 Å². The van der Waals surface area contributed by atoms with Crippen LogP contribution in [0.1, 0.15) is 26.7 Å². The Hall–Kier alpha value is 0.270. The van der Waals surface area contributed by atoms with Crippen LogP contribution in [-0.4, -0.2) is 47.6 Å². The van der Waals surface area contributed by atoms with Crippen LogP contribution in [0.25, 0.3) is 0 Å². The van der Waals surface area contributed by atoms with Crippen molar-refractivity contribution in [2.75, 3.05) is 25.9 Å². The maximum absolute atomic E-state index is 3.82. The molecule has 2 nitrogen and oxygen atoms in total. The highest BCUT2D eigenvalue weighted by Gasteiger charge is 2.40. The van der Waals surface area contributed by atoms with Crippen molar-refractivity contribution in [3.05, 3.63) is 0 Å². The lowest BCUT2D eigenvalue weighted by Crippen LogP contribution is -2.58. The molecule has 0 aromatic heterocycles. The summed E-state index contributed by atoms with van der Waals surface area (Å²) in [4.78, 5) is 2.43. The Balaban J connectivity index is 1.76. The minimum Gasteiger partial charge on any atom is -0.309 e. The molecular weight excluding hydrogens is 192 g/mol. The van der Waals surface area contributed by atoms with Gasteiger partial charge in [-0.25, -0.2) is 0 Å². The average Bonchev–Trinajstić information content (AvgIpc) is 2.15. The molecule has 2 aliphatic rings. The number of rotatable bonds is 2. The third-order valence-corrected chi connectivity index (χ3v) is 5.15. The highest BCUT2D eigenvalue weighted by Crippen LogP contribution is 2.40. The minimum atomic E-state index is 0.476. The van der Waals surface area contributed by atoms with E-state index >= 15 is 0 Å². The summed E-state index contributed by atoms with van der Waals surface area (Å²) in [6.45, 7) is 7.23. The molecule has 0 aromatic rings. The van der Waals surface area contributed by atoms with E-state index < -0.39 is 0 Å². The van der Waals surface area contributed by atoms with Crippen LogP contribution in [0.3, 0.4) is 0 Å². The van der Waals surface area contributed by atoms with E-state index in [0.717, 1.165) is 12.1 Å². The van der Waals surface area contributed by atoms with Crippen molar-refractivity contribution in [2.24, 2.45) is 0 Å². The summed E-state index contributed by atoms with van der Waals surface area (Å²) in [7, 11) is 2.22. The van der Waals surface area contributed by atoms with E-state index in [1.807, 2.05) is 0 Å². The second-order valence-corrected chi connectivity index (χ2v) is 6.89. The van der Waals surface area contributed by atoms with Gasteiger partial charge in [-0.3, -0.25) is 0 Å². The zero-order chi connectivity index (χ0) is 10.2. The number of hydrogen-bond donors (Lipinski definition) is 1. The SMILES string of the molecule is CN1CCC(NC2CSC2(C)C)CC1. The minimum absolute atomic E-state index is 0.476. The second-order valence-electron chi connectivity index (χ2n) is 5.21. The summed E-state index contributed by atoms with van der Waals surface area (Å²) in [6, 6.07) is 1.53. The van der Waals surface area contributed by atoms with Crippen LogP contribution in [0.5, 0.6) is 0 Å². The monoisotopic (exact) mass is 214 g/mol. The first kappa shape index (κ1) is 10.8. The average molecular weight is 214 g/mol. The van der Waals surface area contributed by atoms with Crippen LogP contribution >= 0.6 is 11.8 Å². The Bertz CT molecular complexity index is 197. The number of thioether (sulfide) groups is 1. The van der Waals surface area contributed by atoms with Gasteiger partial charge in [-0.2, -0.15) is 11.8 Å². The molecule has 0 aromatic carbocycles. The molecule has 2 aliphatic heterocycles. The third kappa shape index (κ3) is 2.26. The lowest BCUT2D eigenvalue weighted by Gasteiger charge is -2.47. The van der Waals surface area contributed by atoms with E-state index in [1.165, 1.54) is 31.7 Å². The van der Waals surface area contributed by atoms with Crippen LogP contribution in [-0.2, 0) is 0 Å². The zero-order valence-electron chi connectivity index (χ0n) is 9.55. The van der Waals surface area contributed by atoms with Gasteiger partial charge in [-0.15, -0.1) is 0 Å². The molecule has 2 heterocycles. The second kappa shape index (κ2) is 4.03. The first-order valence-corrected chi connectivity index (χ1v) is 6.65. The van der Waals surface area contributed by atoms with Crippen LogP contribution in [0.4, 0.5) is 0 Å². The summed E-state index contributed by atoms with van der Waals surface area (Å²) in [5.74, 6) is 1.30. The van der Waals surface area contributed by atoms with E-state index in [-0.39, 0.29) is 0 Å². The molecule has 1 atom stereocenters. The van der Waals surface area contributed by atoms with Crippen molar-refractivity contribution in [3.63, 3.8) is 0 Å². The standard InChI is InChI=1S/C11H22N2S/c1-11(2)10(8-14-11)12-9-4-6-13(3)7-5-9/h9-10,12H,4-8H2,1-3H3. The molecule has 2 rings (SSSR count). The van der Waals surface area contributed by atoms with Crippen molar-refractivity contribution in [2.45, 2.75) is 43.5 Å². The fourth-order valence-electron chi connectivity index (χ4n) is 2.21. The fraction of sp³-hybridized carbons (Fsp3) is 1.00. The maximum atomic E-state index is 3.82. The number of hydrogen-bond acceptors (Lipinski definition) is 3. The zero-order valence-corrected chi connectivity index (χ0v) is 10.4. The molecule has 3 heteroatoms. The quantitative estimate of drug-likeness (QED) is 0.751. The molecule has 1 N–H and O–H groups in total. The maximum Gasteiger partial charge on any atom is 0.0302 e. The summed E-state index contributed by atoms with van der Waals surface area (Å²) >= 11 is 2.09. The topological polar surface area (TPSA) is 15.3 Å². The van der Waals surface area contributed by atoms with Crippen molar-refractivity contribution in [1.82, 2.24) is 10.2 Å².